The van der Waals surface area contributed by atoms with Crippen molar-refractivity contribution < 1.29 is 9.59 Å². The molecular formula is C16H27N3O2. The molecule has 0 aromatic heterocycles. The molecule has 118 valence electrons. The number of amides is 2. The number of nitrogens with zero attached hydrogens (tertiary/aromatic N) is 2. The summed E-state index contributed by atoms with van der Waals surface area (Å²) in [4.78, 5) is 29.4. The highest BCUT2D eigenvalue weighted by atomic mass is 16.2. The zero-order chi connectivity index (χ0) is 15.0. The normalized spacial score (nSPS) is 34.4. The Morgan fingerprint density at radius 2 is 1.95 bits per heavy atom. The van der Waals surface area contributed by atoms with Crippen LogP contribution < -0.4 is 5.32 Å². The Balaban J connectivity index is 1.69. The minimum Gasteiger partial charge on any atom is -0.342 e. The van der Waals surface area contributed by atoms with Gasteiger partial charge in [0.2, 0.25) is 11.8 Å². The second kappa shape index (κ2) is 5.95. The Morgan fingerprint density at radius 1 is 1.19 bits per heavy atom. The fourth-order valence-electron chi connectivity index (χ4n) is 3.78. The third kappa shape index (κ3) is 2.93. The molecule has 1 N–H and O–H groups in total. The lowest BCUT2D eigenvalue weighted by Gasteiger charge is -2.40. The molecule has 0 aromatic carbocycles. The van der Waals surface area contributed by atoms with Crippen LogP contribution in [-0.4, -0.2) is 59.9 Å². The van der Waals surface area contributed by atoms with E-state index in [1.807, 2.05) is 11.8 Å². The number of hydrogen-bond acceptors (Lipinski definition) is 3. The van der Waals surface area contributed by atoms with Crippen molar-refractivity contribution in [3.05, 3.63) is 0 Å². The average Bonchev–Trinajstić information content (AvgIpc) is 3.22. The monoisotopic (exact) mass is 293 g/mol. The molecule has 3 fully saturated rings. The van der Waals surface area contributed by atoms with Gasteiger partial charge in [-0.1, -0.05) is 13.8 Å². The first-order valence-electron chi connectivity index (χ1n) is 8.47. The van der Waals surface area contributed by atoms with Gasteiger partial charge in [0.05, 0.1) is 0 Å². The van der Waals surface area contributed by atoms with Gasteiger partial charge in [0.1, 0.15) is 12.1 Å². The Kier molecular flexibility index (Phi) is 4.20. The van der Waals surface area contributed by atoms with Crippen molar-refractivity contribution in [2.75, 3.05) is 26.2 Å². The maximum absolute atomic E-state index is 12.8. The lowest BCUT2D eigenvalue weighted by molar-refractivity contribution is -0.150. The Morgan fingerprint density at radius 3 is 2.52 bits per heavy atom. The van der Waals surface area contributed by atoms with E-state index in [9.17, 15) is 9.59 Å². The molecule has 1 aliphatic carbocycles. The highest BCUT2D eigenvalue weighted by Gasteiger charge is 2.46. The van der Waals surface area contributed by atoms with Crippen LogP contribution in [0.2, 0.25) is 0 Å². The predicted molar refractivity (Wildman–Crippen MR) is 80.7 cm³/mol. The van der Waals surface area contributed by atoms with Crippen LogP contribution in [0.5, 0.6) is 0 Å². The molecule has 5 heteroatoms. The molecule has 0 bridgehead atoms. The van der Waals surface area contributed by atoms with E-state index in [0.29, 0.717) is 18.3 Å². The van der Waals surface area contributed by atoms with Gasteiger partial charge < -0.3 is 15.1 Å². The summed E-state index contributed by atoms with van der Waals surface area (Å²) in [5.74, 6) is 1.13. The van der Waals surface area contributed by atoms with Gasteiger partial charge in [-0.3, -0.25) is 9.59 Å². The number of nitrogens with one attached hydrogen (secondary N) is 1. The molecule has 2 amide bonds. The molecule has 0 radical (unpaired) electrons. The van der Waals surface area contributed by atoms with Crippen molar-refractivity contribution in [3.63, 3.8) is 0 Å². The number of carbonyl (C=O) groups excluding carboxylic acids is 2. The van der Waals surface area contributed by atoms with Crippen molar-refractivity contribution in [2.45, 2.75) is 51.6 Å². The molecule has 2 saturated heterocycles. The minimum atomic E-state index is -0.261. The fourth-order valence-corrected chi connectivity index (χ4v) is 3.78. The van der Waals surface area contributed by atoms with Crippen LogP contribution in [0.3, 0.4) is 0 Å². The predicted octanol–water partition coefficient (Wildman–Crippen LogP) is 0.844. The highest BCUT2D eigenvalue weighted by Crippen LogP contribution is 2.35. The van der Waals surface area contributed by atoms with Crippen molar-refractivity contribution in [1.82, 2.24) is 15.1 Å². The third-order valence-corrected chi connectivity index (χ3v) is 5.28. The summed E-state index contributed by atoms with van der Waals surface area (Å²) >= 11 is 0. The number of piperazine rings is 1. The van der Waals surface area contributed by atoms with Gasteiger partial charge in [0.25, 0.3) is 0 Å². The van der Waals surface area contributed by atoms with Gasteiger partial charge in [-0.25, -0.2) is 0 Å². The van der Waals surface area contributed by atoms with Crippen LogP contribution in [-0.2, 0) is 9.59 Å². The molecule has 3 rings (SSSR count). The summed E-state index contributed by atoms with van der Waals surface area (Å²) in [6, 6.07) is -0.507. The molecule has 0 aromatic rings. The molecule has 3 atom stereocenters. The van der Waals surface area contributed by atoms with Crippen molar-refractivity contribution in [2.24, 2.45) is 11.8 Å². The first-order chi connectivity index (χ1) is 10.1. The minimum absolute atomic E-state index is 0.0549. The molecule has 3 unspecified atom stereocenters. The van der Waals surface area contributed by atoms with Gasteiger partial charge in [-0.05, 0) is 50.6 Å². The summed E-state index contributed by atoms with van der Waals surface area (Å²) in [6.07, 6.45) is 4.01. The van der Waals surface area contributed by atoms with Crippen molar-refractivity contribution >= 4 is 11.8 Å². The second-order valence-electron chi connectivity index (χ2n) is 6.79. The molecule has 0 spiro atoms. The molecule has 1 saturated carbocycles. The molecule has 21 heavy (non-hydrogen) atoms. The number of rotatable bonds is 5. The summed E-state index contributed by atoms with van der Waals surface area (Å²) in [5.41, 5.74) is 0. The summed E-state index contributed by atoms with van der Waals surface area (Å²) < 4.78 is 0. The van der Waals surface area contributed by atoms with E-state index in [2.05, 4.69) is 17.1 Å². The van der Waals surface area contributed by atoms with Gasteiger partial charge in [-0.15, -0.1) is 0 Å². The zero-order valence-corrected chi connectivity index (χ0v) is 13.2. The maximum atomic E-state index is 12.8. The zero-order valence-electron chi connectivity index (χ0n) is 13.2. The van der Waals surface area contributed by atoms with Crippen LogP contribution in [0, 0.1) is 11.8 Å². The van der Waals surface area contributed by atoms with E-state index >= 15 is 0 Å². The average molecular weight is 293 g/mol. The first kappa shape index (κ1) is 14.8. The SMILES string of the molecule is CCC1C(=O)NC(C2CC2)C(=O)N1CC1CCN(CC)C1. The Bertz CT molecular complexity index is 422. The van der Waals surface area contributed by atoms with Gasteiger partial charge >= 0.3 is 0 Å². The lowest BCUT2D eigenvalue weighted by atomic mass is 9.99. The summed E-state index contributed by atoms with van der Waals surface area (Å²) in [6.45, 7) is 8.19. The first-order valence-corrected chi connectivity index (χ1v) is 8.47. The smallest absolute Gasteiger partial charge is 0.246 e. The largest absolute Gasteiger partial charge is 0.342 e. The van der Waals surface area contributed by atoms with Crippen LogP contribution in [0.4, 0.5) is 0 Å². The Hall–Kier alpha value is -1.10. The highest BCUT2D eigenvalue weighted by molar-refractivity contribution is 5.97. The van der Waals surface area contributed by atoms with Crippen molar-refractivity contribution in [3.8, 4) is 0 Å². The summed E-state index contributed by atoms with van der Waals surface area (Å²) in [7, 11) is 0. The quantitative estimate of drug-likeness (QED) is 0.817. The van der Waals surface area contributed by atoms with E-state index in [4.69, 9.17) is 0 Å². The van der Waals surface area contributed by atoms with Crippen LogP contribution in [0.1, 0.15) is 39.5 Å². The van der Waals surface area contributed by atoms with E-state index < -0.39 is 0 Å². The van der Waals surface area contributed by atoms with Gasteiger partial charge in [-0.2, -0.15) is 0 Å². The maximum Gasteiger partial charge on any atom is 0.246 e. The number of likely N-dealkylation sites (tertiary alicyclic amines) is 1. The fraction of sp³-hybridized carbons (Fsp3) is 0.875. The molecule has 3 aliphatic rings. The van der Waals surface area contributed by atoms with Crippen LogP contribution in [0.15, 0.2) is 0 Å². The molecule has 2 aliphatic heterocycles. The van der Waals surface area contributed by atoms with E-state index in [-0.39, 0.29) is 23.9 Å². The lowest BCUT2D eigenvalue weighted by Crippen LogP contribution is -2.64. The van der Waals surface area contributed by atoms with Crippen LogP contribution >= 0.6 is 0 Å². The van der Waals surface area contributed by atoms with E-state index in [1.54, 1.807) is 0 Å². The molecule has 5 nitrogen and oxygen atoms in total. The van der Waals surface area contributed by atoms with Crippen molar-refractivity contribution in [1.29, 1.82) is 0 Å². The van der Waals surface area contributed by atoms with Gasteiger partial charge in [0, 0.05) is 13.1 Å². The summed E-state index contributed by atoms with van der Waals surface area (Å²) in [5, 5.41) is 2.96. The van der Waals surface area contributed by atoms with E-state index in [1.165, 1.54) is 0 Å². The van der Waals surface area contributed by atoms with E-state index in [0.717, 1.165) is 45.4 Å². The topological polar surface area (TPSA) is 52.7 Å². The van der Waals surface area contributed by atoms with Gasteiger partial charge in [0.15, 0.2) is 0 Å². The second-order valence-corrected chi connectivity index (χ2v) is 6.79. The number of carbonyl (C=O) groups is 2. The standard InChI is InChI=1S/C16H27N3O2/c1-3-13-15(20)17-14(12-5-6-12)16(21)19(13)10-11-7-8-18(4-2)9-11/h11-14H,3-10H2,1-2H3,(H,17,20). The number of hydrogen-bond donors (Lipinski definition) is 1. The molecular weight excluding hydrogens is 266 g/mol. The van der Waals surface area contributed by atoms with Crippen LogP contribution in [0.25, 0.3) is 0 Å². The third-order valence-electron chi connectivity index (χ3n) is 5.28. The molecule has 2 heterocycles. The Labute approximate surface area is 127 Å².